The van der Waals surface area contributed by atoms with Gasteiger partial charge in [-0.1, -0.05) is 17.3 Å². The quantitative estimate of drug-likeness (QED) is 0.350. The Hall–Kier alpha value is -4.35. The predicted octanol–water partition coefficient (Wildman–Crippen LogP) is 0.967. The summed E-state index contributed by atoms with van der Waals surface area (Å²) in [5, 5.41) is 21.4. The number of amides is 1. The highest BCUT2D eigenvalue weighted by atomic mass is 16.6. The number of aromatic nitrogens is 5. The molecule has 3 heterocycles. The van der Waals surface area contributed by atoms with Gasteiger partial charge < -0.3 is 9.84 Å². The summed E-state index contributed by atoms with van der Waals surface area (Å²) < 4.78 is 7.70. The molecule has 0 atom stereocenters. The zero-order chi connectivity index (χ0) is 21.1. The molecule has 0 aliphatic heterocycles. The Morgan fingerprint density at radius 1 is 1.23 bits per heavy atom. The fraction of sp³-hybridized carbons (Fsp3) is 0.167. The predicted molar refractivity (Wildman–Crippen MR) is 103 cm³/mol. The summed E-state index contributed by atoms with van der Waals surface area (Å²) in [5.41, 5.74) is 0.826. The first-order valence-electron chi connectivity index (χ1n) is 8.86. The number of benzene rings is 1. The van der Waals surface area contributed by atoms with E-state index in [1.165, 1.54) is 46.2 Å². The van der Waals surface area contributed by atoms with Crippen LogP contribution in [0.25, 0.3) is 11.0 Å². The zero-order valence-electron chi connectivity index (χ0n) is 15.5. The lowest BCUT2D eigenvalue weighted by atomic mass is 10.2. The molecular weight excluding hydrogens is 394 g/mol. The van der Waals surface area contributed by atoms with Crippen LogP contribution in [0.15, 0.2) is 58.4 Å². The van der Waals surface area contributed by atoms with Crippen molar-refractivity contribution in [2.24, 2.45) is 0 Å². The summed E-state index contributed by atoms with van der Waals surface area (Å²) in [4.78, 5) is 39.2. The normalized spacial score (nSPS) is 10.9. The van der Waals surface area contributed by atoms with Gasteiger partial charge >= 0.3 is 0 Å². The van der Waals surface area contributed by atoms with Crippen molar-refractivity contribution in [3.05, 3.63) is 80.8 Å². The number of nitrogens with one attached hydrogen (secondary N) is 1. The van der Waals surface area contributed by atoms with Crippen molar-refractivity contribution in [3.8, 4) is 0 Å². The number of fused-ring (bicyclic) bond motifs is 1. The van der Waals surface area contributed by atoms with E-state index in [1.54, 1.807) is 12.1 Å². The minimum Gasteiger partial charge on any atom is -0.351 e. The number of nitro benzene ring substituents is 1. The summed E-state index contributed by atoms with van der Waals surface area (Å²) in [6, 6.07) is 7.41. The summed E-state index contributed by atoms with van der Waals surface area (Å²) in [6.45, 7) is 0.782. The largest absolute Gasteiger partial charge is 0.351 e. The molecule has 30 heavy (non-hydrogen) atoms. The van der Waals surface area contributed by atoms with E-state index in [4.69, 9.17) is 4.52 Å². The molecule has 0 saturated heterocycles. The molecule has 4 aromatic rings. The Kier molecular flexibility index (Phi) is 5.03. The van der Waals surface area contributed by atoms with Gasteiger partial charge in [0.05, 0.1) is 30.4 Å². The molecule has 1 N–H and O–H groups in total. The van der Waals surface area contributed by atoms with Crippen molar-refractivity contribution in [3.63, 3.8) is 0 Å². The van der Waals surface area contributed by atoms with Gasteiger partial charge in [0.1, 0.15) is 11.7 Å². The van der Waals surface area contributed by atoms with Crippen molar-refractivity contribution in [2.45, 2.75) is 13.1 Å². The van der Waals surface area contributed by atoms with Gasteiger partial charge in [-0.3, -0.25) is 24.3 Å². The average Bonchev–Trinajstić information content (AvgIpc) is 3.41. The lowest BCUT2D eigenvalue weighted by Gasteiger charge is -2.07. The summed E-state index contributed by atoms with van der Waals surface area (Å²) in [5.74, 6) is -0.296. The second-order valence-electron chi connectivity index (χ2n) is 6.34. The Bertz CT molecular complexity index is 1260. The number of hydrogen-bond acceptors (Lipinski definition) is 8. The van der Waals surface area contributed by atoms with Gasteiger partial charge in [-0.25, -0.2) is 9.67 Å². The molecule has 3 aromatic heterocycles. The van der Waals surface area contributed by atoms with Crippen LogP contribution in [0.2, 0.25) is 0 Å². The summed E-state index contributed by atoms with van der Waals surface area (Å²) in [7, 11) is 0. The van der Waals surface area contributed by atoms with E-state index in [0.717, 1.165) is 5.56 Å². The molecule has 0 spiro atoms. The van der Waals surface area contributed by atoms with Gasteiger partial charge in [0.15, 0.2) is 5.65 Å². The minimum absolute atomic E-state index is 0.0173. The molecule has 0 saturated carbocycles. The van der Waals surface area contributed by atoms with Crippen molar-refractivity contribution in [1.29, 1.82) is 0 Å². The van der Waals surface area contributed by atoms with Gasteiger partial charge in [0.25, 0.3) is 17.2 Å². The fourth-order valence-corrected chi connectivity index (χ4v) is 2.89. The van der Waals surface area contributed by atoms with Crippen molar-refractivity contribution < 1.29 is 14.2 Å². The third-order valence-electron chi connectivity index (χ3n) is 4.39. The third-order valence-corrected chi connectivity index (χ3v) is 4.39. The number of non-ortho nitro benzene ring substituents is 1. The molecular formula is C18H15N7O5. The SMILES string of the molecule is O=C(NCCn1ncc2c(=O)n(Cc3ccc([N+](=O)[O-])cc3)cnc21)c1ccno1. The van der Waals surface area contributed by atoms with Crippen molar-refractivity contribution >= 4 is 22.6 Å². The second-order valence-corrected chi connectivity index (χ2v) is 6.34. The monoisotopic (exact) mass is 409 g/mol. The van der Waals surface area contributed by atoms with Crippen LogP contribution in [-0.2, 0) is 13.1 Å². The van der Waals surface area contributed by atoms with Crippen LogP contribution < -0.4 is 10.9 Å². The first kappa shape index (κ1) is 19.0. The second kappa shape index (κ2) is 7.95. The molecule has 0 bridgehead atoms. The average molecular weight is 409 g/mol. The van der Waals surface area contributed by atoms with E-state index >= 15 is 0 Å². The highest BCUT2D eigenvalue weighted by molar-refractivity contribution is 5.91. The highest BCUT2D eigenvalue weighted by Crippen LogP contribution is 2.13. The van der Waals surface area contributed by atoms with Crippen LogP contribution in [0.4, 0.5) is 5.69 Å². The molecule has 0 radical (unpaired) electrons. The minimum atomic E-state index is -0.480. The smallest absolute Gasteiger partial charge is 0.289 e. The summed E-state index contributed by atoms with van der Waals surface area (Å²) >= 11 is 0. The van der Waals surface area contributed by atoms with Crippen LogP contribution in [-0.4, -0.2) is 41.9 Å². The Balaban J connectivity index is 1.46. The molecule has 0 aliphatic carbocycles. The molecule has 1 aromatic carbocycles. The first-order chi connectivity index (χ1) is 14.5. The number of nitro groups is 1. The van der Waals surface area contributed by atoms with Gasteiger partial charge in [0.2, 0.25) is 5.76 Å². The fourth-order valence-electron chi connectivity index (χ4n) is 2.89. The maximum Gasteiger partial charge on any atom is 0.289 e. The van der Waals surface area contributed by atoms with Gasteiger partial charge in [-0.05, 0) is 5.56 Å². The molecule has 12 nitrogen and oxygen atoms in total. The van der Waals surface area contributed by atoms with Gasteiger partial charge in [0, 0.05) is 24.7 Å². The molecule has 1 amide bonds. The van der Waals surface area contributed by atoms with Crippen LogP contribution in [0.3, 0.4) is 0 Å². The topological polar surface area (TPSA) is 151 Å². The number of carbonyl (C=O) groups excluding carboxylic acids is 1. The molecule has 4 rings (SSSR count). The van der Waals surface area contributed by atoms with Crippen LogP contribution in [0.1, 0.15) is 16.1 Å². The van der Waals surface area contributed by atoms with Gasteiger partial charge in [-0.15, -0.1) is 0 Å². The number of rotatable bonds is 7. The third kappa shape index (κ3) is 3.78. The maximum atomic E-state index is 12.7. The lowest BCUT2D eigenvalue weighted by Crippen LogP contribution is -2.27. The van der Waals surface area contributed by atoms with Crippen LogP contribution in [0.5, 0.6) is 0 Å². The Morgan fingerprint density at radius 3 is 2.73 bits per heavy atom. The Labute approximate surface area is 167 Å². The zero-order valence-corrected chi connectivity index (χ0v) is 15.5. The number of nitrogens with zero attached hydrogens (tertiary/aromatic N) is 6. The van der Waals surface area contributed by atoms with E-state index in [0.29, 0.717) is 17.6 Å². The van der Waals surface area contributed by atoms with E-state index in [9.17, 15) is 19.7 Å². The van der Waals surface area contributed by atoms with E-state index in [1.807, 2.05) is 0 Å². The maximum absolute atomic E-state index is 12.7. The molecule has 12 heteroatoms. The highest BCUT2D eigenvalue weighted by Gasteiger charge is 2.13. The lowest BCUT2D eigenvalue weighted by molar-refractivity contribution is -0.384. The van der Waals surface area contributed by atoms with Gasteiger partial charge in [-0.2, -0.15) is 5.10 Å². The standard InChI is InChI=1S/C18H15N7O5/c26-17(15-5-6-22-30-15)19-7-8-24-16-14(9-21-24)18(27)23(11-20-16)10-12-1-3-13(4-2-12)25(28)29/h1-6,9,11H,7-8,10H2,(H,19,26). The number of carbonyl (C=O) groups is 1. The Morgan fingerprint density at radius 2 is 2.03 bits per heavy atom. The van der Waals surface area contributed by atoms with E-state index in [2.05, 4.69) is 20.6 Å². The molecule has 0 unspecified atom stereocenters. The number of hydrogen-bond donors (Lipinski definition) is 1. The van der Waals surface area contributed by atoms with Crippen molar-refractivity contribution in [1.82, 2.24) is 29.8 Å². The van der Waals surface area contributed by atoms with E-state index in [-0.39, 0.29) is 30.1 Å². The molecule has 0 aliphatic rings. The van der Waals surface area contributed by atoms with Crippen molar-refractivity contribution in [2.75, 3.05) is 6.54 Å². The molecule has 0 fully saturated rings. The first-order valence-corrected chi connectivity index (χ1v) is 8.86. The molecule has 152 valence electrons. The van der Waals surface area contributed by atoms with Crippen LogP contribution >= 0.6 is 0 Å². The summed E-state index contributed by atoms with van der Waals surface area (Å²) in [6.07, 6.45) is 4.20. The van der Waals surface area contributed by atoms with E-state index < -0.39 is 10.8 Å². The van der Waals surface area contributed by atoms with Crippen LogP contribution in [0, 0.1) is 10.1 Å².